The van der Waals surface area contributed by atoms with E-state index in [4.69, 9.17) is 4.74 Å². The molecular weight excluding hydrogens is 328 g/mol. The largest absolute Gasteiger partial charge is 0.504 e. The van der Waals surface area contributed by atoms with Crippen molar-refractivity contribution in [2.75, 3.05) is 7.11 Å². The normalized spacial score (nSPS) is 12.1. The number of aromatic nitrogens is 2. The van der Waals surface area contributed by atoms with Gasteiger partial charge in [-0.3, -0.25) is 4.79 Å². The van der Waals surface area contributed by atoms with Crippen molar-refractivity contribution in [2.24, 2.45) is 12.0 Å². The average molecular weight is 344 g/mol. The Bertz CT molecular complexity index is 903. The number of phenols is 1. The number of hydrogen-bond donors (Lipinski definition) is 1. The summed E-state index contributed by atoms with van der Waals surface area (Å²) in [4.78, 5) is 16.6. The van der Waals surface area contributed by atoms with E-state index >= 15 is 0 Å². The zero-order valence-electron chi connectivity index (χ0n) is 13.5. The molecule has 0 aliphatic rings. The van der Waals surface area contributed by atoms with E-state index in [1.807, 2.05) is 13.0 Å². The molecular formula is C16H16N4O3S. The minimum atomic E-state index is -0.647. The van der Waals surface area contributed by atoms with Gasteiger partial charge in [0.05, 0.1) is 7.11 Å². The highest BCUT2D eigenvalue weighted by Gasteiger charge is 2.10. The Morgan fingerprint density at radius 1 is 1.58 bits per heavy atom. The first kappa shape index (κ1) is 17.4. The van der Waals surface area contributed by atoms with Crippen LogP contribution >= 0.6 is 11.3 Å². The van der Waals surface area contributed by atoms with Crippen LogP contribution in [0.1, 0.15) is 17.5 Å². The number of ether oxygens (including phenoxy) is 1. The summed E-state index contributed by atoms with van der Waals surface area (Å²) in [5.41, 5.74) is 0.432. The first-order valence-electron chi connectivity index (χ1n) is 7.09. The number of carbonyl (C=O) groups is 1. The number of hydrogen-bond acceptors (Lipinski definition) is 6. The van der Waals surface area contributed by atoms with Crippen LogP contribution in [-0.4, -0.2) is 27.9 Å². The molecule has 8 heteroatoms. The van der Waals surface area contributed by atoms with E-state index in [9.17, 15) is 15.2 Å². The summed E-state index contributed by atoms with van der Waals surface area (Å²) in [6.07, 6.45) is 2.14. The number of aryl methyl sites for hydroxylation is 2. The van der Waals surface area contributed by atoms with Crippen LogP contribution in [0.3, 0.4) is 0 Å². The molecule has 0 aliphatic carbocycles. The van der Waals surface area contributed by atoms with E-state index in [0.29, 0.717) is 10.4 Å². The van der Waals surface area contributed by atoms with Crippen LogP contribution in [0.4, 0.5) is 0 Å². The minimum absolute atomic E-state index is 0.0204. The number of amides is 1. The molecule has 0 atom stereocenters. The maximum absolute atomic E-state index is 12.2. The fourth-order valence-electron chi connectivity index (χ4n) is 1.88. The van der Waals surface area contributed by atoms with Crippen molar-refractivity contribution >= 4 is 23.3 Å². The van der Waals surface area contributed by atoms with Gasteiger partial charge in [0.1, 0.15) is 16.6 Å². The van der Waals surface area contributed by atoms with Crippen LogP contribution in [0.15, 0.2) is 28.8 Å². The third-order valence-electron chi connectivity index (χ3n) is 3.11. The molecule has 0 saturated carbocycles. The number of nitriles is 1. The average Bonchev–Trinajstić information content (AvgIpc) is 2.93. The van der Waals surface area contributed by atoms with Gasteiger partial charge in [-0.05, 0) is 30.2 Å². The maximum atomic E-state index is 12.2. The molecule has 24 heavy (non-hydrogen) atoms. The highest BCUT2D eigenvalue weighted by molar-refractivity contribution is 7.08. The number of aromatic hydroxyl groups is 1. The molecule has 7 nitrogen and oxygen atoms in total. The van der Waals surface area contributed by atoms with Crippen molar-refractivity contribution in [3.63, 3.8) is 0 Å². The summed E-state index contributed by atoms with van der Waals surface area (Å²) < 4.78 is 6.52. The molecule has 1 heterocycles. The Balaban J connectivity index is 2.39. The Morgan fingerprint density at radius 2 is 2.33 bits per heavy atom. The molecule has 0 aliphatic heterocycles. The van der Waals surface area contributed by atoms with Crippen molar-refractivity contribution in [3.8, 4) is 17.6 Å². The Kier molecular flexibility index (Phi) is 5.50. The summed E-state index contributed by atoms with van der Waals surface area (Å²) in [7, 11) is 3.12. The number of nitrogens with zero attached hydrogens (tertiary/aromatic N) is 4. The van der Waals surface area contributed by atoms with Crippen molar-refractivity contribution in [1.82, 2.24) is 9.78 Å². The van der Waals surface area contributed by atoms with Gasteiger partial charge in [-0.2, -0.15) is 15.4 Å². The lowest BCUT2D eigenvalue weighted by Gasteiger charge is -2.03. The molecule has 1 N–H and O–H groups in total. The van der Waals surface area contributed by atoms with Crippen molar-refractivity contribution in [3.05, 3.63) is 39.1 Å². The topological polar surface area (TPSA) is 100 Å². The van der Waals surface area contributed by atoms with Gasteiger partial charge in [0.25, 0.3) is 5.91 Å². The predicted octanol–water partition coefficient (Wildman–Crippen LogP) is 1.79. The lowest BCUT2D eigenvalue weighted by molar-refractivity contribution is -0.114. The Labute approximate surface area is 142 Å². The zero-order chi connectivity index (χ0) is 17.7. The van der Waals surface area contributed by atoms with Gasteiger partial charge in [0, 0.05) is 7.05 Å². The molecule has 124 valence electrons. The first-order chi connectivity index (χ1) is 11.5. The lowest BCUT2D eigenvalue weighted by atomic mass is 10.1. The van der Waals surface area contributed by atoms with Gasteiger partial charge in [0.15, 0.2) is 11.5 Å². The summed E-state index contributed by atoms with van der Waals surface area (Å²) >= 11 is 1.30. The smallest absolute Gasteiger partial charge is 0.290 e. The van der Waals surface area contributed by atoms with Crippen molar-refractivity contribution in [1.29, 1.82) is 5.26 Å². The Morgan fingerprint density at radius 3 is 2.92 bits per heavy atom. The van der Waals surface area contributed by atoms with Crippen LogP contribution < -0.4 is 9.54 Å². The molecule has 0 unspecified atom stereocenters. The molecule has 0 fully saturated rings. The van der Waals surface area contributed by atoms with Crippen LogP contribution in [0, 0.1) is 11.3 Å². The van der Waals surface area contributed by atoms with E-state index in [1.54, 1.807) is 13.1 Å². The third kappa shape index (κ3) is 3.88. The molecule has 0 radical (unpaired) electrons. The molecule has 1 aromatic carbocycles. The van der Waals surface area contributed by atoms with E-state index in [-0.39, 0.29) is 17.1 Å². The van der Waals surface area contributed by atoms with Crippen LogP contribution in [0.25, 0.3) is 6.08 Å². The SMILES string of the molecule is CCc1nn(C)c(=NC(=O)C(C#N)=Cc2ccc(O)c(OC)c2)s1. The summed E-state index contributed by atoms with van der Waals surface area (Å²) in [5, 5.41) is 23.9. The molecule has 0 bridgehead atoms. The highest BCUT2D eigenvalue weighted by atomic mass is 32.1. The molecule has 0 saturated heterocycles. The van der Waals surface area contributed by atoms with Gasteiger partial charge in [-0.25, -0.2) is 4.68 Å². The Hall–Kier alpha value is -2.92. The number of carbonyl (C=O) groups excluding carboxylic acids is 1. The molecule has 0 spiro atoms. The standard InChI is InChI=1S/C16H16N4O3S/c1-4-14-19-20(2)16(24-14)18-15(22)11(9-17)7-10-5-6-12(21)13(8-10)23-3/h5-8,21H,4H2,1-3H3. The van der Waals surface area contributed by atoms with Crippen LogP contribution in [0.5, 0.6) is 11.5 Å². The zero-order valence-corrected chi connectivity index (χ0v) is 14.3. The lowest BCUT2D eigenvalue weighted by Crippen LogP contribution is -2.15. The highest BCUT2D eigenvalue weighted by Crippen LogP contribution is 2.27. The van der Waals surface area contributed by atoms with E-state index in [0.717, 1.165) is 11.4 Å². The molecule has 2 rings (SSSR count). The van der Waals surface area contributed by atoms with E-state index in [2.05, 4.69) is 10.1 Å². The fourth-order valence-corrected chi connectivity index (χ4v) is 2.70. The second kappa shape index (κ2) is 7.57. The van der Waals surface area contributed by atoms with Gasteiger partial charge in [0.2, 0.25) is 4.80 Å². The summed E-state index contributed by atoms with van der Waals surface area (Å²) in [5.74, 6) is -0.411. The summed E-state index contributed by atoms with van der Waals surface area (Å²) in [6, 6.07) is 6.38. The quantitative estimate of drug-likeness (QED) is 0.673. The van der Waals surface area contributed by atoms with Gasteiger partial charge < -0.3 is 9.84 Å². The molecule has 1 aromatic heterocycles. The number of methoxy groups -OCH3 is 1. The van der Waals surface area contributed by atoms with Gasteiger partial charge >= 0.3 is 0 Å². The third-order valence-corrected chi connectivity index (χ3v) is 4.26. The van der Waals surface area contributed by atoms with Crippen LogP contribution in [0.2, 0.25) is 0 Å². The second-order valence-corrected chi connectivity index (χ2v) is 5.81. The van der Waals surface area contributed by atoms with Gasteiger partial charge in [-0.15, -0.1) is 0 Å². The van der Waals surface area contributed by atoms with Crippen molar-refractivity contribution < 1.29 is 14.6 Å². The first-order valence-corrected chi connectivity index (χ1v) is 7.91. The molecule has 1 amide bonds. The number of phenolic OH excluding ortho intramolecular Hbond substituents is 1. The second-order valence-electron chi connectivity index (χ2n) is 4.77. The van der Waals surface area contributed by atoms with Crippen LogP contribution in [-0.2, 0) is 18.3 Å². The maximum Gasteiger partial charge on any atom is 0.290 e. The van der Waals surface area contributed by atoms with Crippen molar-refractivity contribution in [2.45, 2.75) is 13.3 Å². The molecule has 2 aromatic rings. The van der Waals surface area contributed by atoms with E-state index in [1.165, 1.54) is 41.3 Å². The monoisotopic (exact) mass is 344 g/mol. The predicted molar refractivity (Wildman–Crippen MR) is 89.3 cm³/mol. The minimum Gasteiger partial charge on any atom is -0.504 e. The van der Waals surface area contributed by atoms with E-state index < -0.39 is 5.91 Å². The fraction of sp³-hybridized carbons (Fsp3) is 0.250. The summed E-state index contributed by atoms with van der Waals surface area (Å²) in [6.45, 7) is 1.96. The number of rotatable bonds is 4. The van der Waals surface area contributed by atoms with Gasteiger partial charge in [-0.1, -0.05) is 24.3 Å². The number of benzene rings is 1.